The van der Waals surface area contributed by atoms with Crippen LogP contribution in [-0.2, 0) is 16.1 Å². The second kappa shape index (κ2) is 4.42. The molecule has 0 saturated carbocycles. The summed E-state index contributed by atoms with van der Waals surface area (Å²) in [5.74, 6) is -0.0621. The Kier molecular flexibility index (Phi) is 2.99. The van der Waals surface area contributed by atoms with E-state index in [4.69, 9.17) is 10.5 Å². The van der Waals surface area contributed by atoms with E-state index in [-0.39, 0.29) is 12.5 Å². The van der Waals surface area contributed by atoms with Crippen molar-refractivity contribution in [2.24, 2.45) is 5.73 Å². The minimum Gasteiger partial charge on any atom is -0.375 e. The van der Waals surface area contributed by atoms with E-state index in [9.17, 15) is 4.79 Å². The van der Waals surface area contributed by atoms with Gasteiger partial charge in [-0.1, -0.05) is 18.2 Å². The van der Waals surface area contributed by atoms with Gasteiger partial charge in [0.2, 0.25) is 5.91 Å². The van der Waals surface area contributed by atoms with Crippen molar-refractivity contribution in [2.45, 2.75) is 6.61 Å². The normalized spacial score (nSPS) is 15.7. The first kappa shape index (κ1) is 10.1. The smallest absolute Gasteiger partial charge is 0.240 e. The Balaban J connectivity index is 2.37. The maximum Gasteiger partial charge on any atom is 0.240 e. The molecule has 1 aliphatic rings. The summed E-state index contributed by atoms with van der Waals surface area (Å²) < 4.78 is 5.41. The summed E-state index contributed by atoms with van der Waals surface area (Å²) in [6, 6.07) is 7.76. The lowest BCUT2D eigenvalue weighted by Crippen LogP contribution is -2.37. The van der Waals surface area contributed by atoms with Crippen LogP contribution in [0, 0.1) is 0 Å². The summed E-state index contributed by atoms with van der Waals surface area (Å²) in [5.41, 5.74) is 7.34. The van der Waals surface area contributed by atoms with Gasteiger partial charge in [0, 0.05) is 17.8 Å². The van der Waals surface area contributed by atoms with Gasteiger partial charge in [0.05, 0.1) is 19.8 Å². The number of nitrogens with two attached hydrogens (primary N) is 1. The van der Waals surface area contributed by atoms with Gasteiger partial charge in [-0.2, -0.15) is 0 Å². The Morgan fingerprint density at radius 3 is 3.07 bits per heavy atom. The molecule has 1 aromatic carbocycles. The molecule has 0 aliphatic carbocycles. The van der Waals surface area contributed by atoms with E-state index in [0.717, 1.165) is 11.3 Å². The predicted octanol–water partition coefficient (Wildman–Crippen LogP) is 0.509. The molecule has 0 radical (unpaired) electrons. The molecule has 4 heteroatoms. The average Bonchev–Trinajstić information content (AvgIpc) is 2.50. The maximum absolute atomic E-state index is 11.6. The molecule has 0 spiro atoms. The number of carbonyl (C=O) groups is 1. The van der Waals surface area contributed by atoms with Crippen molar-refractivity contribution in [3.8, 4) is 0 Å². The van der Waals surface area contributed by atoms with Gasteiger partial charge in [-0.3, -0.25) is 4.79 Å². The zero-order valence-corrected chi connectivity index (χ0v) is 8.48. The number of hydrogen-bond donors (Lipinski definition) is 1. The number of ether oxygens (including phenoxy) is 1. The Morgan fingerprint density at radius 2 is 2.27 bits per heavy atom. The standard InChI is InChI=1S/C11H14N2O2/c12-7-11(14)13-5-6-15-8-9-3-1-2-4-10(9)13/h1-4H,5-8,12H2. The monoisotopic (exact) mass is 206 g/mol. The third-order valence-electron chi connectivity index (χ3n) is 2.47. The molecule has 0 unspecified atom stereocenters. The molecule has 2 N–H and O–H groups in total. The Bertz CT molecular complexity index is 365. The van der Waals surface area contributed by atoms with E-state index >= 15 is 0 Å². The summed E-state index contributed by atoms with van der Waals surface area (Å²) in [6.07, 6.45) is 0. The van der Waals surface area contributed by atoms with Crippen molar-refractivity contribution in [3.05, 3.63) is 29.8 Å². The largest absolute Gasteiger partial charge is 0.375 e. The number of para-hydroxylation sites is 1. The van der Waals surface area contributed by atoms with Crippen LogP contribution in [0.1, 0.15) is 5.56 Å². The highest BCUT2D eigenvalue weighted by atomic mass is 16.5. The summed E-state index contributed by atoms with van der Waals surface area (Å²) in [4.78, 5) is 13.3. The van der Waals surface area contributed by atoms with Gasteiger partial charge in [0.15, 0.2) is 0 Å². The average molecular weight is 206 g/mol. The van der Waals surface area contributed by atoms with Gasteiger partial charge in [0.25, 0.3) is 0 Å². The van der Waals surface area contributed by atoms with Gasteiger partial charge in [-0.05, 0) is 6.07 Å². The third kappa shape index (κ3) is 2.00. The number of rotatable bonds is 1. The summed E-state index contributed by atoms with van der Waals surface area (Å²) in [7, 11) is 0. The number of benzene rings is 1. The molecule has 0 bridgehead atoms. The van der Waals surface area contributed by atoms with Crippen LogP contribution < -0.4 is 10.6 Å². The van der Waals surface area contributed by atoms with Crippen molar-refractivity contribution in [1.29, 1.82) is 0 Å². The lowest BCUT2D eigenvalue weighted by atomic mass is 10.1. The van der Waals surface area contributed by atoms with E-state index in [1.54, 1.807) is 4.90 Å². The van der Waals surface area contributed by atoms with Crippen molar-refractivity contribution >= 4 is 11.6 Å². The Labute approximate surface area is 88.6 Å². The van der Waals surface area contributed by atoms with E-state index in [2.05, 4.69) is 0 Å². The van der Waals surface area contributed by atoms with E-state index in [1.165, 1.54) is 0 Å². The van der Waals surface area contributed by atoms with Crippen LogP contribution in [0.5, 0.6) is 0 Å². The van der Waals surface area contributed by atoms with Crippen molar-refractivity contribution in [1.82, 2.24) is 0 Å². The first-order valence-electron chi connectivity index (χ1n) is 4.99. The van der Waals surface area contributed by atoms with Gasteiger partial charge in [0.1, 0.15) is 0 Å². The summed E-state index contributed by atoms with van der Waals surface area (Å²) in [6.45, 7) is 1.73. The molecule has 1 aliphatic heterocycles. The SMILES string of the molecule is NCC(=O)N1CCOCc2ccccc21. The quantitative estimate of drug-likeness (QED) is 0.728. The van der Waals surface area contributed by atoms with Crippen LogP contribution in [0.4, 0.5) is 5.69 Å². The van der Waals surface area contributed by atoms with Crippen LogP contribution >= 0.6 is 0 Å². The minimum atomic E-state index is -0.0621. The molecule has 0 aromatic heterocycles. The minimum absolute atomic E-state index is 0.0360. The number of carbonyl (C=O) groups excluding carboxylic acids is 1. The lowest BCUT2D eigenvalue weighted by molar-refractivity contribution is -0.117. The van der Waals surface area contributed by atoms with Crippen LogP contribution in [0.2, 0.25) is 0 Å². The molecule has 4 nitrogen and oxygen atoms in total. The number of amides is 1. The highest BCUT2D eigenvalue weighted by Gasteiger charge is 2.19. The number of hydrogen-bond acceptors (Lipinski definition) is 3. The molecule has 15 heavy (non-hydrogen) atoms. The van der Waals surface area contributed by atoms with Crippen molar-refractivity contribution in [3.63, 3.8) is 0 Å². The molecule has 0 fully saturated rings. The summed E-state index contributed by atoms with van der Waals surface area (Å²) in [5, 5.41) is 0. The second-order valence-electron chi connectivity index (χ2n) is 3.43. The number of fused-ring (bicyclic) bond motifs is 1. The van der Waals surface area contributed by atoms with Crippen LogP contribution in [0.15, 0.2) is 24.3 Å². The topological polar surface area (TPSA) is 55.6 Å². The fraction of sp³-hybridized carbons (Fsp3) is 0.364. The maximum atomic E-state index is 11.6. The zero-order chi connectivity index (χ0) is 10.7. The van der Waals surface area contributed by atoms with Crippen molar-refractivity contribution < 1.29 is 9.53 Å². The first-order valence-corrected chi connectivity index (χ1v) is 4.99. The Morgan fingerprint density at radius 1 is 1.47 bits per heavy atom. The highest BCUT2D eigenvalue weighted by Crippen LogP contribution is 2.23. The third-order valence-corrected chi connectivity index (χ3v) is 2.47. The van der Waals surface area contributed by atoms with Crippen molar-refractivity contribution in [2.75, 3.05) is 24.6 Å². The molecule has 0 saturated heterocycles. The second-order valence-corrected chi connectivity index (χ2v) is 3.43. The van der Waals surface area contributed by atoms with Gasteiger partial charge < -0.3 is 15.4 Å². The molecular formula is C11H14N2O2. The van der Waals surface area contributed by atoms with E-state index in [0.29, 0.717) is 19.8 Å². The molecule has 2 rings (SSSR count). The zero-order valence-electron chi connectivity index (χ0n) is 8.48. The molecular weight excluding hydrogens is 192 g/mol. The molecule has 1 amide bonds. The van der Waals surface area contributed by atoms with Crippen LogP contribution in [-0.4, -0.2) is 25.6 Å². The molecule has 1 aromatic rings. The highest BCUT2D eigenvalue weighted by molar-refractivity contribution is 5.95. The fourth-order valence-corrected chi connectivity index (χ4v) is 1.72. The Hall–Kier alpha value is -1.39. The van der Waals surface area contributed by atoms with Gasteiger partial charge in [-0.25, -0.2) is 0 Å². The number of anilines is 1. The molecule has 1 heterocycles. The molecule has 0 atom stereocenters. The van der Waals surface area contributed by atoms with Gasteiger partial charge in [-0.15, -0.1) is 0 Å². The van der Waals surface area contributed by atoms with Gasteiger partial charge >= 0.3 is 0 Å². The van der Waals surface area contributed by atoms with E-state index in [1.807, 2.05) is 24.3 Å². The lowest BCUT2D eigenvalue weighted by Gasteiger charge is -2.21. The van der Waals surface area contributed by atoms with Crippen LogP contribution in [0.25, 0.3) is 0 Å². The molecule has 80 valence electrons. The van der Waals surface area contributed by atoms with Crippen LogP contribution in [0.3, 0.4) is 0 Å². The summed E-state index contributed by atoms with van der Waals surface area (Å²) >= 11 is 0. The predicted molar refractivity (Wildman–Crippen MR) is 57.5 cm³/mol. The fourth-order valence-electron chi connectivity index (χ4n) is 1.72. The number of nitrogens with zero attached hydrogens (tertiary/aromatic N) is 1. The van der Waals surface area contributed by atoms with E-state index < -0.39 is 0 Å². The first-order chi connectivity index (χ1) is 7.33.